The third-order valence-electron chi connectivity index (χ3n) is 3.08. The van der Waals surface area contributed by atoms with E-state index in [0.717, 1.165) is 10.0 Å². The number of amides is 1. The van der Waals surface area contributed by atoms with Crippen LogP contribution in [0, 0.1) is 6.92 Å². The van der Waals surface area contributed by atoms with Gasteiger partial charge in [-0.05, 0) is 37.1 Å². The van der Waals surface area contributed by atoms with Crippen LogP contribution in [-0.2, 0) is 0 Å². The van der Waals surface area contributed by atoms with Crippen molar-refractivity contribution in [3.8, 4) is 0 Å². The zero-order valence-electron chi connectivity index (χ0n) is 10.5. The maximum atomic E-state index is 12.1. The molecule has 0 aliphatic carbocycles. The topological polar surface area (TPSA) is 69.6 Å². The van der Waals surface area contributed by atoms with Gasteiger partial charge in [0.25, 0.3) is 5.91 Å². The Morgan fingerprint density at radius 2 is 2.00 bits per heavy atom. The minimum absolute atomic E-state index is 0.290. The molecule has 1 amide bonds. The summed E-state index contributed by atoms with van der Waals surface area (Å²) < 4.78 is 0.935. The first-order chi connectivity index (χ1) is 8.48. The standard InChI is InChI=1S/C13H18BrNO3/c1-3-13(7-16,8-17)15-12(18)10-4-5-11(14)9(2)6-10/h4-6,16-17H,3,7-8H2,1-2H3,(H,15,18). The molecular weight excluding hydrogens is 298 g/mol. The van der Waals surface area contributed by atoms with Crippen LogP contribution in [0.2, 0.25) is 0 Å². The molecule has 0 heterocycles. The number of carbonyl (C=O) groups excluding carboxylic acids is 1. The van der Waals surface area contributed by atoms with Crippen molar-refractivity contribution in [3.63, 3.8) is 0 Å². The Hall–Kier alpha value is -0.910. The number of rotatable bonds is 5. The SMILES string of the molecule is CCC(CO)(CO)NC(=O)c1ccc(Br)c(C)c1. The average molecular weight is 316 g/mol. The summed E-state index contributed by atoms with van der Waals surface area (Å²) >= 11 is 3.37. The first kappa shape index (κ1) is 15.1. The summed E-state index contributed by atoms with van der Waals surface area (Å²) in [6.07, 6.45) is 0.460. The highest BCUT2D eigenvalue weighted by Crippen LogP contribution is 2.18. The number of nitrogens with one attached hydrogen (secondary N) is 1. The normalized spacial score (nSPS) is 11.4. The molecule has 0 radical (unpaired) electrons. The van der Waals surface area contributed by atoms with Gasteiger partial charge in [0.1, 0.15) is 0 Å². The van der Waals surface area contributed by atoms with Crippen molar-refractivity contribution in [1.82, 2.24) is 5.32 Å². The second-order valence-corrected chi connectivity index (χ2v) is 5.22. The second kappa shape index (κ2) is 6.31. The molecule has 5 heteroatoms. The number of hydrogen-bond donors (Lipinski definition) is 3. The van der Waals surface area contributed by atoms with Crippen molar-refractivity contribution in [3.05, 3.63) is 33.8 Å². The predicted molar refractivity (Wildman–Crippen MR) is 73.5 cm³/mol. The van der Waals surface area contributed by atoms with Gasteiger partial charge in [-0.25, -0.2) is 0 Å². The summed E-state index contributed by atoms with van der Waals surface area (Å²) in [6, 6.07) is 5.26. The molecule has 1 aromatic carbocycles. The van der Waals surface area contributed by atoms with Crippen LogP contribution in [0.3, 0.4) is 0 Å². The largest absolute Gasteiger partial charge is 0.394 e. The Kier molecular flexibility index (Phi) is 5.31. The minimum atomic E-state index is -0.960. The molecule has 0 aliphatic heterocycles. The molecule has 0 aliphatic rings. The lowest BCUT2D eigenvalue weighted by Crippen LogP contribution is -2.53. The predicted octanol–water partition coefficient (Wildman–Crippen LogP) is 1.62. The van der Waals surface area contributed by atoms with Gasteiger partial charge in [0.2, 0.25) is 0 Å². The molecule has 0 atom stereocenters. The van der Waals surface area contributed by atoms with Crippen LogP contribution in [-0.4, -0.2) is 34.9 Å². The van der Waals surface area contributed by atoms with Gasteiger partial charge in [-0.2, -0.15) is 0 Å². The van der Waals surface area contributed by atoms with Gasteiger partial charge in [-0.3, -0.25) is 4.79 Å². The maximum absolute atomic E-state index is 12.1. The fourth-order valence-electron chi connectivity index (χ4n) is 1.54. The fourth-order valence-corrected chi connectivity index (χ4v) is 1.79. The molecule has 0 unspecified atom stereocenters. The fraction of sp³-hybridized carbons (Fsp3) is 0.462. The Morgan fingerprint density at radius 3 is 2.44 bits per heavy atom. The van der Waals surface area contributed by atoms with Crippen LogP contribution in [0.25, 0.3) is 0 Å². The third-order valence-corrected chi connectivity index (χ3v) is 3.97. The smallest absolute Gasteiger partial charge is 0.251 e. The zero-order valence-corrected chi connectivity index (χ0v) is 12.1. The van der Waals surface area contributed by atoms with Crippen molar-refractivity contribution < 1.29 is 15.0 Å². The average Bonchev–Trinajstić information content (AvgIpc) is 2.39. The molecule has 18 heavy (non-hydrogen) atoms. The number of aliphatic hydroxyl groups excluding tert-OH is 2. The molecule has 1 aromatic rings. The second-order valence-electron chi connectivity index (χ2n) is 4.37. The molecule has 4 nitrogen and oxygen atoms in total. The van der Waals surface area contributed by atoms with Crippen molar-refractivity contribution in [2.75, 3.05) is 13.2 Å². The summed E-state index contributed by atoms with van der Waals surface area (Å²) in [5, 5.41) is 21.3. The lowest BCUT2D eigenvalue weighted by atomic mass is 9.97. The van der Waals surface area contributed by atoms with E-state index in [2.05, 4.69) is 21.2 Å². The highest BCUT2D eigenvalue weighted by atomic mass is 79.9. The molecule has 0 aromatic heterocycles. The van der Waals surface area contributed by atoms with Crippen LogP contribution >= 0.6 is 15.9 Å². The van der Waals surface area contributed by atoms with Crippen molar-refractivity contribution in [1.29, 1.82) is 0 Å². The summed E-state index contributed by atoms with van der Waals surface area (Å²) in [5.74, 6) is -0.296. The van der Waals surface area contributed by atoms with E-state index in [0.29, 0.717) is 12.0 Å². The van der Waals surface area contributed by atoms with Gasteiger partial charge >= 0.3 is 0 Å². The summed E-state index contributed by atoms with van der Waals surface area (Å²) in [4.78, 5) is 12.1. The first-order valence-corrected chi connectivity index (χ1v) is 6.57. The quantitative estimate of drug-likeness (QED) is 0.773. The number of benzene rings is 1. The van der Waals surface area contributed by atoms with Gasteiger partial charge in [-0.15, -0.1) is 0 Å². The Labute approximate surface area is 115 Å². The van der Waals surface area contributed by atoms with Crippen molar-refractivity contribution >= 4 is 21.8 Å². The maximum Gasteiger partial charge on any atom is 0.251 e. The van der Waals surface area contributed by atoms with E-state index in [4.69, 9.17) is 0 Å². The van der Waals surface area contributed by atoms with Gasteiger partial charge < -0.3 is 15.5 Å². The number of halogens is 1. The van der Waals surface area contributed by atoms with Crippen molar-refractivity contribution in [2.45, 2.75) is 25.8 Å². The molecule has 0 spiro atoms. The highest BCUT2D eigenvalue weighted by Gasteiger charge is 2.28. The number of hydrogen-bond acceptors (Lipinski definition) is 3. The van der Waals surface area contributed by atoms with Gasteiger partial charge in [0, 0.05) is 10.0 Å². The molecule has 0 saturated carbocycles. The number of carbonyl (C=O) groups is 1. The highest BCUT2D eigenvalue weighted by molar-refractivity contribution is 9.10. The zero-order chi connectivity index (χ0) is 13.8. The molecule has 0 saturated heterocycles. The number of aliphatic hydroxyl groups is 2. The van der Waals surface area contributed by atoms with Crippen molar-refractivity contribution in [2.24, 2.45) is 0 Å². The Balaban J connectivity index is 2.90. The molecule has 0 bridgehead atoms. The van der Waals surface area contributed by atoms with Gasteiger partial charge in [0.05, 0.1) is 18.8 Å². The Morgan fingerprint density at radius 1 is 1.39 bits per heavy atom. The van der Waals surface area contributed by atoms with Crippen LogP contribution in [0.4, 0.5) is 0 Å². The van der Waals surface area contributed by atoms with E-state index in [1.165, 1.54) is 0 Å². The first-order valence-electron chi connectivity index (χ1n) is 5.78. The van der Waals surface area contributed by atoms with E-state index in [-0.39, 0.29) is 19.1 Å². The summed E-state index contributed by atoms with van der Waals surface area (Å²) in [7, 11) is 0. The Bertz CT molecular complexity index is 422. The molecule has 0 fully saturated rings. The van der Waals surface area contributed by atoms with E-state index >= 15 is 0 Å². The summed E-state index contributed by atoms with van der Waals surface area (Å²) in [5.41, 5.74) is 0.506. The van der Waals surface area contributed by atoms with Gasteiger partial charge in [-0.1, -0.05) is 22.9 Å². The van der Waals surface area contributed by atoms with Crippen LogP contribution in [0.15, 0.2) is 22.7 Å². The number of aryl methyl sites for hydroxylation is 1. The van der Waals surface area contributed by atoms with E-state index in [1.807, 2.05) is 6.92 Å². The lowest BCUT2D eigenvalue weighted by molar-refractivity contribution is 0.0653. The summed E-state index contributed by atoms with van der Waals surface area (Å²) in [6.45, 7) is 3.12. The molecule has 1 rings (SSSR count). The molecular formula is C13H18BrNO3. The monoisotopic (exact) mass is 315 g/mol. The van der Waals surface area contributed by atoms with E-state index < -0.39 is 5.54 Å². The lowest BCUT2D eigenvalue weighted by Gasteiger charge is -2.29. The molecule has 100 valence electrons. The third kappa shape index (κ3) is 3.31. The van der Waals surface area contributed by atoms with Gasteiger partial charge in [0.15, 0.2) is 0 Å². The van der Waals surface area contributed by atoms with Crippen LogP contribution in [0.1, 0.15) is 29.3 Å². The van der Waals surface area contributed by atoms with E-state index in [9.17, 15) is 15.0 Å². The molecule has 3 N–H and O–H groups in total. The van der Waals surface area contributed by atoms with Crippen LogP contribution in [0.5, 0.6) is 0 Å². The van der Waals surface area contributed by atoms with Crippen LogP contribution < -0.4 is 5.32 Å². The van der Waals surface area contributed by atoms with E-state index in [1.54, 1.807) is 25.1 Å². The minimum Gasteiger partial charge on any atom is -0.394 e.